The lowest BCUT2D eigenvalue weighted by Gasteiger charge is -2.19. The minimum absolute atomic E-state index is 0.180. The van der Waals surface area contributed by atoms with Gasteiger partial charge in [-0.15, -0.1) is 0 Å². The number of benzene rings is 3. The molecule has 0 fully saturated rings. The molecule has 0 aliphatic carbocycles. The fourth-order valence-electron chi connectivity index (χ4n) is 3.15. The van der Waals surface area contributed by atoms with Crippen LogP contribution in [0.3, 0.4) is 0 Å². The van der Waals surface area contributed by atoms with Crippen LogP contribution in [0.15, 0.2) is 71.2 Å². The smallest absolute Gasteiger partial charge is 0.0187 e. The molecule has 0 amide bonds. The number of hydrogen-bond acceptors (Lipinski definition) is 0. The van der Waals surface area contributed by atoms with Crippen molar-refractivity contribution < 1.29 is 0 Å². The third kappa shape index (κ3) is 4.27. The highest BCUT2D eigenvalue weighted by atomic mass is 79.9. The van der Waals surface area contributed by atoms with Crippen molar-refractivity contribution in [3.05, 3.63) is 82.3 Å². The summed E-state index contributed by atoms with van der Waals surface area (Å²) in [7, 11) is 0. The average Bonchev–Trinajstić information content (AvgIpc) is 2.60. The van der Waals surface area contributed by atoms with Crippen molar-refractivity contribution in [3.8, 4) is 22.3 Å². The van der Waals surface area contributed by atoms with Crippen LogP contribution in [0.2, 0.25) is 0 Å². The average molecular weight is 407 g/mol. The largest absolute Gasteiger partial charge is 0.0587 e. The maximum Gasteiger partial charge on any atom is 0.0187 e. The zero-order valence-electron chi connectivity index (χ0n) is 16.3. The van der Waals surface area contributed by atoms with Crippen LogP contribution < -0.4 is 0 Å². The first-order valence-corrected chi connectivity index (χ1v) is 10.1. The summed E-state index contributed by atoms with van der Waals surface area (Å²) >= 11 is 3.69. The van der Waals surface area contributed by atoms with Crippen LogP contribution in [0.4, 0.5) is 0 Å². The molecule has 0 spiro atoms. The first kappa shape index (κ1) is 18.9. The van der Waals surface area contributed by atoms with Crippen LogP contribution in [0, 0.1) is 0 Å². The molecule has 0 unspecified atom stereocenters. The summed E-state index contributed by atoms with van der Waals surface area (Å²) in [6.45, 7) is 11.2. The maximum atomic E-state index is 3.69. The van der Waals surface area contributed by atoms with Gasteiger partial charge in [-0.3, -0.25) is 0 Å². The summed E-state index contributed by atoms with van der Waals surface area (Å²) in [4.78, 5) is 0. The Hall–Kier alpha value is -1.86. The Kier molecular flexibility index (Phi) is 5.39. The van der Waals surface area contributed by atoms with Crippen molar-refractivity contribution in [1.82, 2.24) is 0 Å². The second kappa shape index (κ2) is 7.40. The Morgan fingerprint density at radius 3 is 1.54 bits per heavy atom. The van der Waals surface area contributed by atoms with Gasteiger partial charge in [-0.2, -0.15) is 0 Å². The van der Waals surface area contributed by atoms with Gasteiger partial charge < -0.3 is 0 Å². The quantitative estimate of drug-likeness (QED) is 0.410. The van der Waals surface area contributed by atoms with Crippen molar-refractivity contribution >= 4 is 15.9 Å². The van der Waals surface area contributed by atoms with Gasteiger partial charge in [0.15, 0.2) is 0 Å². The van der Waals surface area contributed by atoms with E-state index in [-0.39, 0.29) is 5.41 Å². The number of halogens is 1. The van der Waals surface area contributed by atoms with Gasteiger partial charge in [-0.25, -0.2) is 0 Å². The molecule has 0 N–H and O–H groups in total. The minimum Gasteiger partial charge on any atom is -0.0587 e. The van der Waals surface area contributed by atoms with Gasteiger partial charge in [0.1, 0.15) is 0 Å². The first-order valence-electron chi connectivity index (χ1n) is 9.26. The summed E-state index contributed by atoms with van der Waals surface area (Å²) in [6.07, 6.45) is 0. The lowest BCUT2D eigenvalue weighted by molar-refractivity contribution is 0.590. The van der Waals surface area contributed by atoms with Crippen molar-refractivity contribution in [2.24, 2.45) is 0 Å². The van der Waals surface area contributed by atoms with Crippen LogP contribution in [-0.2, 0) is 5.41 Å². The van der Waals surface area contributed by atoms with Gasteiger partial charge in [-0.05, 0) is 62.9 Å². The minimum atomic E-state index is 0.180. The number of hydrogen-bond donors (Lipinski definition) is 0. The molecule has 0 aliphatic heterocycles. The third-order valence-corrected chi connectivity index (χ3v) is 5.35. The van der Waals surface area contributed by atoms with E-state index in [2.05, 4.69) is 117 Å². The zero-order chi connectivity index (χ0) is 18.9. The molecule has 3 aromatic carbocycles. The molecule has 0 radical (unpaired) electrons. The second-order valence-electron chi connectivity index (χ2n) is 8.33. The van der Waals surface area contributed by atoms with E-state index >= 15 is 0 Å². The molecule has 1 heteroatoms. The molecule has 0 aromatic heterocycles. The highest BCUT2D eigenvalue weighted by Crippen LogP contribution is 2.32. The molecule has 26 heavy (non-hydrogen) atoms. The van der Waals surface area contributed by atoms with Gasteiger partial charge in [0, 0.05) is 4.47 Å². The van der Waals surface area contributed by atoms with Crippen LogP contribution in [0.25, 0.3) is 22.3 Å². The van der Waals surface area contributed by atoms with Crippen LogP contribution in [-0.4, -0.2) is 0 Å². The molecule has 0 nitrogen and oxygen atoms in total. The number of rotatable bonds is 3. The van der Waals surface area contributed by atoms with Gasteiger partial charge >= 0.3 is 0 Å². The van der Waals surface area contributed by atoms with E-state index in [1.807, 2.05) is 0 Å². The Labute approximate surface area is 166 Å². The summed E-state index contributed by atoms with van der Waals surface area (Å²) in [5, 5.41) is 0. The van der Waals surface area contributed by atoms with Crippen LogP contribution in [0.5, 0.6) is 0 Å². The summed E-state index contributed by atoms with van der Waals surface area (Å²) in [6, 6.07) is 24.5. The van der Waals surface area contributed by atoms with E-state index in [0.717, 1.165) is 4.47 Å². The normalized spacial score (nSPS) is 11.8. The molecule has 0 heterocycles. The van der Waals surface area contributed by atoms with Gasteiger partial charge in [0.05, 0.1) is 0 Å². The highest BCUT2D eigenvalue weighted by molar-refractivity contribution is 9.10. The van der Waals surface area contributed by atoms with Crippen LogP contribution in [0.1, 0.15) is 51.7 Å². The fourth-order valence-corrected chi connectivity index (χ4v) is 3.64. The molecule has 0 saturated carbocycles. The Morgan fingerprint density at radius 2 is 1.12 bits per heavy atom. The lowest BCUT2D eigenvalue weighted by atomic mass is 9.86. The topological polar surface area (TPSA) is 0 Å². The van der Waals surface area contributed by atoms with E-state index in [1.54, 1.807) is 0 Å². The predicted octanol–water partition coefficient (Wildman–Crippen LogP) is 8.20. The second-order valence-corrected chi connectivity index (χ2v) is 9.25. The van der Waals surface area contributed by atoms with Gasteiger partial charge in [0.25, 0.3) is 0 Å². The van der Waals surface area contributed by atoms with Gasteiger partial charge in [-0.1, -0.05) is 99.1 Å². The standard InChI is InChI=1S/C25H27Br/c1-17(2)18-6-8-19(9-7-18)21-14-22(16-24(26)15-21)20-10-12-23(13-11-20)25(3,4)5/h6-17H,1-5H3. The summed E-state index contributed by atoms with van der Waals surface area (Å²) < 4.78 is 1.11. The molecule has 3 aromatic rings. The third-order valence-electron chi connectivity index (χ3n) is 4.89. The highest BCUT2D eigenvalue weighted by Gasteiger charge is 2.13. The van der Waals surface area contributed by atoms with E-state index in [1.165, 1.54) is 33.4 Å². The monoisotopic (exact) mass is 406 g/mol. The zero-order valence-corrected chi connectivity index (χ0v) is 17.9. The summed E-state index contributed by atoms with van der Waals surface area (Å²) in [5.74, 6) is 0.559. The molecular formula is C25H27Br. The molecule has 0 saturated heterocycles. The molecule has 0 bridgehead atoms. The Bertz CT molecular complexity index is 879. The summed E-state index contributed by atoms with van der Waals surface area (Å²) in [5.41, 5.74) is 7.90. The predicted molar refractivity (Wildman–Crippen MR) is 118 cm³/mol. The van der Waals surface area contributed by atoms with Crippen molar-refractivity contribution in [3.63, 3.8) is 0 Å². The van der Waals surface area contributed by atoms with Crippen molar-refractivity contribution in [1.29, 1.82) is 0 Å². The van der Waals surface area contributed by atoms with Gasteiger partial charge in [0.2, 0.25) is 0 Å². The van der Waals surface area contributed by atoms with E-state index in [4.69, 9.17) is 0 Å². The van der Waals surface area contributed by atoms with Crippen LogP contribution >= 0.6 is 15.9 Å². The van der Waals surface area contributed by atoms with E-state index in [9.17, 15) is 0 Å². The van der Waals surface area contributed by atoms with E-state index in [0.29, 0.717) is 5.92 Å². The SMILES string of the molecule is CC(C)c1ccc(-c2cc(Br)cc(-c3ccc(C(C)(C)C)cc3)c2)cc1. The van der Waals surface area contributed by atoms with E-state index < -0.39 is 0 Å². The van der Waals surface area contributed by atoms with Crippen molar-refractivity contribution in [2.75, 3.05) is 0 Å². The van der Waals surface area contributed by atoms with Crippen molar-refractivity contribution in [2.45, 2.75) is 46.0 Å². The molecule has 0 atom stereocenters. The lowest BCUT2D eigenvalue weighted by Crippen LogP contribution is -2.10. The molecular weight excluding hydrogens is 380 g/mol. The molecule has 3 rings (SSSR count). The molecule has 0 aliphatic rings. The maximum absolute atomic E-state index is 3.69. The first-order chi connectivity index (χ1) is 12.2. The Balaban J connectivity index is 1.97. The Morgan fingerprint density at radius 1 is 0.654 bits per heavy atom. The fraction of sp³-hybridized carbons (Fsp3) is 0.280. The molecule has 134 valence electrons.